The van der Waals surface area contributed by atoms with Gasteiger partial charge in [0.15, 0.2) is 5.16 Å². The first kappa shape index (κ1) is 21.8. The van der Waals surface area contributed by atoms with Crippen molar-refractivity contribution >= 4 is 43.3 Å². The molecule has 9 heteroatoms. The molecule has 0 unspecified atom stereocenters. The minimum atomic E-state index is -3.49. The molecule has 0 aliphatic carbocycles. The molecule has 0 fully saturated rings. The van der Waals surface area contributed by atoms with Crippen molar-refractivity contribution in [2.24, 2.45) is 0 Å². The van der Waals surface area contributed by atoms with E-state index in [1.807, 2.05) is 12.1 Å². The number of rotatable bonds is 8. The first-order valence-corrected chi connectivity index (χ1v) is 12.3. The van der Waals surface area contributed by atoms with E-state index in [1.54, 1.807) is 28.8 Å². The standard InChI is InChI=1S/C20H23N3O3S3/c1-5-10-23-19(24)17-12-15(6-2)28-18(17)21-20(23)27-13-14-8-7-9-16(11-14)29(25,26)22(3)4/h5,7-9,11-12H,1,6,10,13H2,2-4H3. The van der Waals surface area contributed by atoms with Crippen LogP contribution in [0, 0.1) is 0 Å². The Balaban J connectivity index is 1.95. The molecule has 2 aromatic heterocycles. The van der Waals surface area contributed by atoms with Gasteiger partial charge in [-0.05, 0) is 30.2 Å². The lowest BCUT2D eigenvalue weighted by Gasteiger charge is -2.13. The van der Waals surface area contributed by atoms with Crippen LogP contribution in [0.2, 0.25) is 0 Å². The average Bonchev–Trinajstić information content (AvgIpc) is 3.12. The molecule has 6 nitrogen and oxygen atoms in total. The fraction of sp³-hybridized carbons (Fsp3) is 0.300. The van der Waals surface area contributed by atoms with Crippen LogP contribution < -0.4 is 5.56 Å². The molecule has 0 spiro atoms. The fourth-order valence-electron chi connectivity index (χ4n) is 2.78. The first-order valence-electron chi connectivity index (χ1n) is 9.06. The maximum atomic E-state index is 12.9. The third kappa shape index (κ3) is 4.48. The molecule has 0 saturated carbocycles. The summed E-state index contributed by atoms with van der Waals surface area (Å²) in [7, 11) is -0.474. The Morgan fingerprint density at radius 1 is 1.31 bits per heavy atom. The first-order chi connectivity index (χ1) is 13.8. The summed E-state index contributed by atoms with van der Waals surface area (Å²) in [4.78, 5) is 19.7. The second-order valence-corrected chi connectivity index (χ2v) is 10.8. The quantitative estimate of drug-likeness (QED) is 0.298. The van der Waals surface area contributed by atoms with Gasteiger partial charge in [0.2, 0.25) is 10.0 Å². The van der Waals surface area contributed by atoms with Crippen molar-refractivity contribution < 1.29 is 8.42 Å². The third-order valence-corrected chi connectivity index (χ3v) is 8.40. The number of thioether (sulfide) groups is 1. The van der Waals surface area contributed by atoms with Crippen molar-refractivity contribution in [3.8, 4) is 0 Å². The Labute approximate surface area is 178 Å². The van der Waals surface area contributed by atoms with Gasteiger partial charge in [-0.2, -0.15) is 0 Å². The van der Waals surface area contributed by atoms with Gasteiger partial charge in [-0.1, -0.05) is 36.9 Å². The van der Waals surface area contributed by atoms with Crippen molar-refractivity contribution in [3.63, 3.8) is 0 Å². The summed E-state index contributed by atoms with van der Waals surface area (Å²) in [6, 6.07) is 8.76. The van der Waals surface area contributed by atoms with Gasteiger partial charge in [0, 0.05) is 31.3 Å². The molecule has 3 aromatic rings. The fourth-order valence-corrected chi connectivity index (χ4v) is 5.71. The van der Waals surface area contributed by atoms with E-state index in [4.69, 9.17) is 4.98 Å². The highest BCUT2D eigenvalue weighted by Crippen LogP contribution is 2.27. The highest BCUT2D eigenvalue weighted by molar-refractivity contribution is 7.98. The number of aromatic nitrogens is 2. The van der Waals surface area contributed by atoms with Crippen LogP contribution in [0.4, 0.5) is 0 Å². The molecule has 0 saturated heterocycles. The zero-order valence-corrected chi connectivity index (χ0v) is 19.0. The molecule has 0 N–H and O–H groups in total. The number of hydrogen-bond donors (Lipinski definition) is 0. The van der Waals surface area contributed by atoms with Gasteiger partial charge in [0.1, 0.15) is 4.83 Å². The third-order valence-electron chi connectivity index (χ3n) is 4.37. The lowest BCUT2D eigenvalue weighted by atomic mass is 10.2. The number of allylic oxidation sites excluding steroid dienone is 1. The van der Waals surface area contributed by atoms with E-state index in [2.05, 4.69) is 13.5 Å². The van der Waals surface area contributed by atoms with E-state index in [0.29, 0.717) is 22.8 Å². The average molecular weight is 450 g/mol. The molecule has 0 aliphatic rings. The Morgan fingerprint density at radius 3 is 2.72 bits per heavy atom. The molecule has 0 atom stereocenters. The monoisotopic (exact) mass is 449 g/mol. The van der Waals surface area contributed by atoms with Crippen LogP contribution in [0.5, 0.6) is 0 Å². The van der Waals surface area contributed by atoms with Crippen LogP contribution in [0.25, 0.3) is 10.2 Å². The molecule has 154 valence electrons. The molecular formula is C20H23N3O3S3. The molecule has 0 amide bonds. The summed E-state index contributed by atoms with van der Waals surface area (Å²) in [6.07, 6.45) is 2.54. The van der Waals surface area contributed by atoms with E-state index in [-0.39, 0.29) is 10.5 Å². The van der Waals surface area contributed by atoms with Crippen LogP contribution >= 0.6 is 23.1 Å². The molecule has 2 heterocycles. The number of benzene rings is 1. The van der Waals surface area contributed by atoms with Crippen molar-refractivity contribution in [2.75, 3.05) is 14.1 Å². The zero-order chi connectivity index (χ0) is 21.2. The highest BCUT2D eigenvalue weighted by atomic mass is 32.2. The van der Waals surface area contributed by atoms with E-state index in [1.165, 1.54) is 41.5 Å². The van der Waals surface area contributed by atoms with Crippen LogP contribution in [-0.4, -0.2) is 36.4 Å². The minimum Gasteiger partial charge on any atom is -0.283 e. The summed E-state index contributed by atoms with van der Waals surface area (Å²) in [5, 5.41) is 1.24. The molecule has 3 rings (SSSR count). The summed E-state index contributed by atoms with van der Waals surface area (Å²) < 4.78 is 27.6. The largest absolute Gasteiger partial charge is 0.283 e. The van der Waals surface area contributed by atoms with Crippen LogP contribution in [0.3, 0.4) is 0 Å². The number of nitrogens with zero attached hydrogens (tertiary/aromatic N) is 3. The SMILES string of the molecule is C=CCn1c(SCc2cccc(S(=O)(=O)N(C)C)c2)nc2sc(CC)cc2c1=O. The van der Waals surface area contributed by atoms with E-state index in [9.17, 15) is 13.2 Å². The topological polar surface area (TPSA) is 72.3 Å². The lowest BCUT2D eigenvalue weighted by molar-refractivity contribution is 0.520. The Morgan fingerprint density at radius 2 is 2.07 bits per heavy atom. The highest BCUT2D eigenvalue weighted by Gasteiger charge is 2.18. The summed E-state index contributed by atoms with van der Waals surface area (Å²) in [5.41, 5.74) is 0.773. The Kier molecular flexibility index (Phi) is 6.62. The van der Waals surface area contributed by atoms with Gasteiger partial charge < -0.3 is 0 Å². The van der Waals surface area contributed by atoms with Crippen LogP contribution in [0.1, 0.15) is 17.4 Å². The Hall–Kier alpha value is -1.94. The van der Waals surface area contributed by atoms with Gasteiger partial charge in [0.05, 0.1) is 10.3 Å². The molecule has 1 aromatic carbocycles. The lowest BCUT2D eigenvalue weighted by Crippen LogP contribution is -2.22. The Bertz CT molecular complexity index is 1210. The summed E-state index contributed by atoms with van der Waals surface area (Å²) in [6.45, 7) is 6.17. The van der Waals surface area contributed by atoms with Gasteiger partial charge in [-0.3, -0.25) is 9.36 Å². The van der Waals surface area contributed by atoms with Crippen molar-refractivity contribution in [1.82, 2.24) is 13.9 Å². The van der Waals surface area contributed by atoms with Gasteiger partial charge in [0.25, 0.3) is 5.56 Å². The normalized spacial score (nSPS) is 12.0. The van der Waals surface area contributed by atoms with Gasteiger partial charge >= 0.3 is 0 Å². The maximum Gasteiger partial charge on any atom is 0.263 e. The second kappa shape index (κ2) is 8.83. The molecular weight excluding hydrogens is 426 g/mol. The number of thiophene rings is 1. The van der Waals surface area contributed by atoms with Gasteiger partial charge in [-0.15, -0.1) is 17.9 Å². The summed E-state index contributed by atoms with van der Waals surface area (Å²) >= 11 is 2.95. The predicted octanol–water partition coefficient (Wildman–Crippen LogP) is 3.75. The van der Waals surface area contributed by atoms with Gasteiger partial charge in [-0.25, -0.2) is 17.7 Å². The van der Waals surface area contributed by atoms with Crippen LogP contribution in [-0.2, 0) is 28.7 Å². The van der Waals surface area contributed by atoms with E-state index >= 15 is 0 Å². The number of aryl methyl sites for hydroxylation is 1. The zero-order valence-electron chi connectivity index (χ0n) is 16.6. The predicted molar refractivity (Wildman–Crippen MR) is 120 cm³/mol. The van der Waals surface area contributed by atoms with Crippen molar-refractivity contribution in [3.05, 3.63) is 63.8 Å². The second-order valence-electron chi connectivity index (χ2n) is 6.61. The molecule has 29 heavy (non-hydrogen) atoms. The number of sulfonamides is 1. The minimum absolute atomic E-state index is 0.0720. The molecule has 0 radical (unpaired) electrons. The number of fused-ring (bicyclic) bond motifs is 1. The molecule has 0 bridgehead atoms. The molecule has 0 aliphatic heterocycles. The smallest absolute Gasteiger partial charge is 0.263 e. The maximum absolute atomic E-state index is 12.9. The van der Waals surface area contributed by atoms with Crippen molar-refractivity contribution in [2.45, 2.75) is 35.7 Å². The van der Waals surface area contributed by atoms with Crippen molar-refractivity contribution in [1.29, 1.82) is 0 Å². The number of hydrogen-bond acceptors (Lipinski definition) is 6. The van der Waals surface area contributed by atoms with E-state index in [0.717, 1.165) is 21.7 Å². The van der Waals surface area contributed by atoms with E-state index < -0.39 is 10.0 Å². The van der Waals surface area contributed by atoms with Crippen LogP contribution in [0.15, 0.2) is 57.8 Å². The summed E-state index contributed by atoms with van der Waals surface area (Å²) in [5.74, 6) is 0.498.